The Bertz CT molecular complexity index is 618. The lowest BCUT2D eigenvalue weighted by atomic mass is 9.90. The van der Waals surface area contributed by atoms with Crippen LogP contribution in [0, 0.1) is 0 Å². The van der Waals surface area contributed by atoms with Crippen molar-refractivity contribution in [2.75, 3.05) is 32.7 Å². The summed E-state index contributed by atoms with van der Waals surface area (Å²) in [6.45, 7) is 5.03. The number of halogens is 1. The van der Waals surface area contributed by atoms with Crippen molar-refractivity contribution in [3.8, 4) is 0 Å². The monoisotopic (exact) mass is 381 g/mol. The van der Waals surface area contributed by atoms with Crippen molar-refractivity contribution in [3.05, 3.63) is 35.9 Å². The van der Waals surface area contributed by atoms with Crippen LogP contribution in [-0.2, 0) is 9.53 Å². The molecule has 0 aliphatic carbocycles. The van der Waals surface area contributed by atoms with Gasteiger partial charge >= 0.3 is 6.09 Å². The second-order valence-corrected chi connectivity index (χ2v) is 7.16. The zero-order valence-corrected chi connectivity index (χ0v) is 16.0. The molecule has 1 unspecified atom stereocenters. The first-order chi connectivity index (χ1) is 12.0. The fourth-order valence-corrected chi connectivity index (χ4v) is 3.76. The summed E-state index contributed by atoms with van der Waals surface area (Å²) in [5, 5.41) is 0. The predicted octanol–water partition coefficient (Wildman–Crippen LogP) is 2.37. The highest BCUT2D eigenvalue weighted by Gasteiger charge is 2.47. The van der Waals surface area contributed by atoms with Crippen LogP contribution >= 0.6 is 12.4 Å². The maximum absolute atomic E-state index is 12.3. The molecule has 2 heterocycles. The lowest BCUT2D eigenvalue weighted by Gasteiger charge is -2.37. The Kier molecular flexibility index (Phi) is 6.89. The molecule has 1 atom stereocenters. The van der Waals surface area contributed by atoms with Gasteiger partial charge in [0.2, 0.25) is 5.91 Å². The zero-order chi connectivity index (χ0) is 17.9. The van der Waals surface area contributed by atoms with Crippen molar-refractivity contribution in [1.29, 1.82) is 0 Å². The third kappa shape index (κ3) is 4.48. The van der Waals surface area contributed by atoms with Gasteiger partial charge in [-0.25, -0.2) is 4.79 Å². The molecule has 7 heteroatoms. The quantitative estimate of drug-likeness (QED) is 0.849. The minimum Gasteiger partial charge on any atom is -0.441 e. The number of likely N-dealkylation sites (tertiary alicyclic amines) is 1. The van der Waals surface area contributed by atoms with Crippen molar-refractivity contribution in [3.63, 3.8) is 0 Å². The van der Waals surface area contributed by atoms with E-state index in [1.165, 1.54) is 5.56 Å². The van der Waals surface area contributed by atoms with Gasteiger partial charge in [0.05, 0.1) is 6.54 Å². The van der Waals surface area contributed by atoms with Crippen LogP contribution in [0.2, 0.25) is 0 Å². The van der Waals surface area contributed by atoms with Crippen molar-refractivity contribution in [2.45, 2.75) is 37.7 Å². The summed E-state index contributed by atoms with van der Waals surface area (Å²) in [6, 6.07) is 10.2. The number of carbonyl (C=O) groups is 2. The highest BCUT2D eigenvalue weighted by atomic mass is 35.5. The van der Waals surface area contributed by atoms with Gasteiger partial charge in [-0.15, -0.1) is 12.4 Å². The third-order valence-corrected chi connectivity index (χ3v) is 5.29. The largest absolute Gasteiger partial charge is 0.441 e. The molecule has 2 amide bonds. The van der Waals surface area contributed by atoms with Gasteiger partial charge in [0, 0.05) is 45.4 Å². The van der Waals surface area contributed by atoms with Crippen LogP contribution in [-0.4, -0.2) is 60.1 Å². The minimum absolute atomic E-state index is 0. The number of hydrogen-bond acceptors (Lipinski definition) is 4. The summed E-state index contributed by atoms with van der Waals surface area (Å²) >= 11 is 0. The summed E-state index contributed by atoms with van der Waals surface area (Å²) in [7, 11) is 0. The zero-order valence-electron chi connectivity index (χ0n) is 15.2. The Morgan fingerprint density at radius 2 is 1.92 bits per heavy atom. The SMILES string of the molecule is CC(CN1CC2(CCN(C(=O)CCN)CC2)OC1=O)c1ccccc1.Cl. The van der Waals surface area contributed by atoms with Gasteiger partial charge in [-0.1, -0.05) is 37.3 Å². The average molecular weight is 382 g/mol. The molecule has 2 fully saturated rings. The molecule has 3 rings (SSSR count). The van der Waals surface area contributed by atoms with Gasteiger partial charge < -0.3 is 20.3 Å². The lowest BCUT2D eigenvalue weighted by Crippen LogP contribution is -2.49. The van der Waals surface area contributed by atoms with E-state index in [1.54, 1.807) is 0 Å². The highest BCUT2D eigenvalue weighted by Crippen LogP contribution is 2.34. The van der Waals surface area contributed by atoms with Crippen molar-refractivity contribution >= 4 is 24.4 Å². The fraction of sp³-hybridized carbons (Fsp3) is 0.579. The van der Waals surface area contributed by atoms with Gasteiger partial charge in [0.15, 0.2) is 0 Å². The standard InChI is InChI=1S/C19H27N3O3.ClH/c1-15(16-5-3-2-4-6-16)13-22-14-19(25-18(22)24)8-11-21(12-9-19)17(23)7-10-20;/h2-6,15H,7-14,20H2,1H3;1H. The second-order valence-electron chi connectivity index (χ2n) is 7.16. The van der Waals surface area contributed by atoms with Gasteiger partial charge in [0.1, 0.15) is 5.60 Å². The van der Waals surface area contributed by atoms with E-state index in [9.17, 15) is 9.59 Å². The smallest absolute Gasteiger partial charge is 0.410 e. The Balaban J connectivity index is 0.00000243. The summed E-state index contributed by atoms with van der Waals surface area (Å²) in [4.78, 5) is 27.9. The van der Waals surface area contributed by atoms with Crippen molar-refractivity contribution in [1.82, 2.24) is 9.80 Å². The van der Waals surface area contributed by atoms with Crippen LogP contribution in [0.1, 0.15) is 37.7 Å². The van der Waals surface area contributed by atoms with E-state index < -0.39 is 5.60 Å². The van der Waals surface area contributed by atoms with E-state index in [0.717, 1.165) is 0 Å². The van der Waals surface area contributed by atoms with E-state index in [0.29, 0.717) is 52.0 Å². The normalized spacial score (nSPS) is 19.8. The van der Waals surface area contributed by atoms with Gasteiger partial charge in [0.25, 0.3) is 0 Å². The van der Waals surface area contributed by atoms with E-state index in [2.05, 4.69) is 19.1 Å². The number of nitrogens with zero attached hydrogens (tertiary/aromatic N) is 2. The topological polar surface area (TPSA) is 75.9 Å². The molecular weight excluding hydrogens is 354 g/mol. The molecule has 6 nitrogen and oxygen atoms in total. The maximum Gasteiger partial charge on any atom is 0.410 e. The number of nitrogens with two attached hydrogens (primary N) is 1. The molecule has 0 aromatic heterocycles. The van der Waals surface area contributed by atoms with Gasteiger partial charge in [-0.3, -0.25) is 4.79 Å². The Morgan fingerprint density at radius 3 is 2.54 bits per heavy atom. The van der Waals surface area contributed by atoms with Crippen LogP contribution < -0.4 is 5.73 Å². The first kappa shape index (κ1) is 20.5. The second kappa shape index (κ2) is 8.73. The molecular formula is C19H28ClN3O3. The number of amides is 2. The Morgan fingerprint density at radius 1 is 1.27 bits per heavy atom. The predicted molar refractivity (Wildman–Crippen MR) is 102 cm³/mol. The molecule has 1 aromatic carbocycles. The van der Waals surface area contributed by atoms with E-state index >= 15 is 0 Å². The molecule has 144 valence electrons. The maximum atomic E-state index is 12.3. The molecule has 0 saturated carbocycles. The summed E-state index contributed by atoms with van der Waals surface area (Å²) in [6.07, 6.45) is 1.55. The summed E-state index contributed by atoms with van der Waals surface area (Å²) in [5.74, 6) is 0.353. The molecule has 0 radical (unpaired) electrons. The molecule has 2 aliphatic heterocycles. The number of carbonyl (C=O) groups excluding carboxylic acids is 2. The highest BCUT2D eigenvalue weighted by molar-refractivity contribution is 5.85. The summed E-state index contributed by atoms with van der Waals surface area (Å²) < 4.78 is 5.75. The van der Waals surface area contributed by atoms with E-state index in [4.69, 9.17) is 10.5 Å². The van der Waals surface area contributed by atoms with Crippen LogP contribution in [0.15, 0.2) is 30.3 Å². The van der Waals surface area contributed by atoms with Crippen molar-refractivity contribution < 1.29 is 14.3 Å². The molecule has 1 aromatic rings. The molecule has 1 spiro atoms. The van der Waals surface area contributed by atoms with E-state index in [-0.39, 0.29) is 30.3 Å². The molecule has 2 N–H and O–H groups in total. The van der Waals surface area contributed by atoms with Crippen LogP contribution in [0.25, 0.3) is 0 Å². The van der Waals surface area contributed by atoms with Gasteiger partial charge in [-0.05, 0) is 11.5 Å². The van der Waals surface area contributed by atoms with E-state index in [1.807, 2.05) is 28.0 Å². The molecule has 0 bridgehead atoms. The molecule has 26 heavy (non-hydrogen) atoms. The minimum atomic E-state index is -0.438. The number of benzene rings is 1. The number of piperidine rings is 1. The first-order valence-corrected chi connectivity index (χ1v) is 9.04. The molecule has 2 saturated heterocycles. The number of hydrogen-bond donors (Lipinski definition) is 1. The van der Waals surface area contributed by atoms with Crippen LogP contribution in [0.4, 0.5) is 4.79 Å². The van der Waals surface area contributed by atoms with Crippen LogP contribution in [0.3, 0.4) is 0 Å². The third-order valence-electron chi connectivity index (χ3n) is 5.29. The lowest BCUT2D eigenvalue weighted by molar-refractivity contribution is -0.134. The Labute approximate surface area is 161 Å². The number of ether oxygens (including phenoxy) is 1. The molecule has 2 aliphatic rings. The summed E-state index contributed by atoms with van der Waals surface area (Å²) in [5.41, 5.74) is 6.24. The van der Waals surface area contributed by atoms with Crippen LogP contribution in [0.5, 0.6) is 0 Å². The average Bonchev–Trinajstić information content (AvgIpc) is 2.91. The number of rotatable bonds is 5. The first-order valence-electron chi connectivity index (χ1n) is 9.04. The van der Waals surface area contributed by atoms with Crippen molar-refractivity contribution in [2.24, 2.45) is 5.73 Å². The fourth-order valence-electron chi connectivity index (χ4n) is 3.76. The van der Waals surface area contributed by atoms with Gasteiger partial charge in [-0.2, -0.15) is 0 Å². The Hall–Kier alpha value is -1.79.